The van der Waals surface area contributed by atoms with E-state index in [0.29, 0.717) is 11.3 Å². The van der Waals surface area contributed by atoms with Crippen molar-refractivity contribution in [3.8, 4) is 0 Å². The highest BCUT2D eigenvalue weighted by atomic mass is 16.5. The molecule has 1 heterocycles. The highest BCUT2D eigenvalue weighted by Gasteiger charge is 2.27. The molecule has 1 aliphatic rings. The molecule has 3 rings (SSSR count). The highest BCUT2D eigenvalue weighted by molar-refractivity contribution is 6.05. The zero-order chi connectivity index (χ0) is 23.8. The molecule has 0 aliphatic carbocycles. The number of esters is 3. The maximum absolute atomic E-state index is 12.5. The summed E-state index contributed by atoms with van der Waals surface area (Å²) in [7, 11) is 2.42. The number of ether oxygens (including phenoxy) is 3. The lowest BCUT2D eigenvalue weighted by atomic mass is 10.1. The summed E-state index contributed by atoms with van der Waals surface area (Å²) in [5.74, 6) is -2.43. The van der Waals surface area contributed by atoms with Crippen molar-refractivity contribution in [3.05, 3.63) is 101 Å². The number of hydrogen-bond acceptors (Lipinski definition) is 8. The van der Waals surface area contributed by atoms with E-state index in [-0.39, 0.29) is 29.2 Å². The first-order valence-corrected chi connectivity index (χ1v) is 9.86. The summed E-state index contributed by atoms with van der Waals surface area (Å²) in [6.07, 6.45) is 6.25. The Morgan fingerprint density at radius 1 is 0.758 bits per heavy atom. The number of methoxy groups -OCH3 is 2. The molecule has 0 aromatic heterocycles. The molecule has 0 spiro atoms. The van der Waals surface area contributed by atoms with Crippen LogP contribution >= 0.6 is 0 Å². The molecule has 0 amide bonds. The van der Waals surface area contributed by atoms with Gasteiger partial charge in [-0.05, 0) is 36.4 Å². The van der Waals surface area contributed by atoms with E-state index in [1.165, 1.54) is 37.3 Å². The molecule has 0 saturated heterocycles. The number of rotatable bonds is 7. The number of carbonyl (C=O) groups is 4. The maximum Gasteiger partial charge on any atom is 0.355 e. The number of carbonyl (C=O) groups excluding carboxylic acids is 4. The van der Waals surface area contributed by atoms with Gasteiger partial charge in [-0.1, -0.05) is 36.4 Å². The van der Waals surface area contributed by atoms with E-state index in [4.69, 9.17) is 14.2 Å². The Balaban J connectivity index is 1.80. The fourth-order valence-corrected chi connectivity index (χ4v) is 3.05. The number of allylic oxidation sites excluding steroid dienone is 2. The number of nitrogens with zero attached hydrogens (tertiary/aromatic N) is 1. The van der Waals surface area contributed by atoms with E-state index in [0.717, 1.165) is 0 Å². The third-order valence-corrected chi connectivity index (χ3v) is 4.70. The van der Waals surface area contributed by atoms with Gasteiger partial charge in [-0.2, -0.15) is 0 Å². The van der Waals surface area contributed by atoms with Gasteiger partial charge >= 0.3 is 17.9 Å². The second kappa shape index (κ2) is 10.7. The third-order valence-electron chi connectivity index (χ3n) is 4.70. The van der Waals surface area contributed by atoms with Crippen molar-refractivity contribution in [3.63, 3.8) is 0 Å². The van der Waals surface area contributed by atoms with Gasteiger partial charge in [0.05, 0.1) is 25.4 Å². The van der Waals surface area contributed by atoms with Crippen LogP contribution in [0.3, 0.4) is 0 Å². The Morgan fingerprint density at radius 3 is 2.06 bits per heavy atom. The number of hydrogen-bond donors (Lipinski definition) is 0. The molecule has 0 unspecified atom stereocenters. The minimum atomic E-state index is -0.741. The van der Waals surface area contributed by atoms with Gasteiger partial charge in [0, 0.05) is 17.5 Å². The van der Waals surface area contributed by atoms with Crippen molar-refractivity contribution < 1.29 is 33.4 Å². The molecular weight excluding hydrogens is 426 g/mol. The van der Waals surface area contributed by atoms with Crippen molar-refractivity contribution >= 4 is 29.4 Å². The quantitative estimate of drug-likeness (QED) is 0.362. The molecular formula is C25H21NO7. The van der Waals surface area contributed by atoms with E-state index < -0.39 is 17.9 Å². The molecule has 168 valence electrons. The van der Waals surface area contributed by atoms with Crippen LogP contribution in [0.2, 0.25) is 0 Å². The lowest BCUT2D eigenvalue weighted by molar-refractivity contribution is -0.139. The van der Waals surface area contributed by atoms with Gasteiger partial charge in [-0.3, -0.25) is 4.79 Å². The first kappa shape index (κ1) is 23.2. The number of anilines is 1. The summed E-state index contributed by atoms with van der Waals surface area (Å²) in [5.41, 5.74) is 1.11. The van der Waals surface area contributed by atoms with Crippen LogP contribution in [-0.2, 0) is 23.8 Å². The zero-order valence-electron chi connectivity index (χ0n) is 18.0. The van der Waals surface area contributed by atoms with Crippen LogP contribution < -0.4 is 4.90 Å². The summed E-state index contributed by atoms with van der Waals surface area (Å²) in [6.45, 7) is -0.386. The Labute approximate surface area is 190 Å². The number of ketones is 1. The Morgan fingerprint density at radius 2 is 1.42 bits per heavy atom. The third kappa shape index (κ3) is 5.43. The lowest BCUT2D eigenvalue weighted by Crippen LogP contribution is -2.27. The van der Waals surface area contributed by atoms with Crippen molar-refractivity contribution in [2.45, 2.75) is 0 Å². The Bertz CT molecular complexity index is 1150. The average molecular weight is 447 g/mol. The van der Waals surface area contributed by atoms with Crippen LogP contribution in [0.1, 0.15) is 20.7 Å². The molecule has 0 bridgehead atoms. The molecule has 2 aromatic rings. The van der Waals surface area contributed by atoms with Crippen molar-refractivity contribution in [2.24, 2.45) is 0 Å². The van der Waals surface area contributed by atoms with Crippen LogP contribution in [0.15, 0.2) is 90.3 Å². The first-order valence-electron chi connectivity index (χ1n) is 9.86. The summed E-state index contributed by atoms with van der Waals surface area (Å²) >= 11 is 0. The zero-order valence-corrected chi connectivity index (χ0v) is 18.0. The highest BCUT2D eigenvalue weighted by Crippen LogP contribution is 2.26. The lowest BCUT2D eigenvalue weighted by Gasteiger charge is -2.23. The fraction of sp³-hybridized carbons (Fsp3) is 0.120. The summed E-state index contributed by atoms with van der Waals surface area (Å²) in [4.78, 5) is 50.6. The van der Waals surface area contributed by atoms with Crippen LogP contribution in [0, 0.1) is 0 Å². The minimum absolute atomic E-state index is 0.0114. The second-order valence-corrected chi connectivity index (χ2v) is 6.73. The van der Waals surface area contributed by atoms with Crippen molar-refractivity contribution in [2.75, 3.05) is 25.7 Å². The minimum Gasteiger partial charge on any atom is -0.465 e. The SMILES string of the molecule is COC(=O)C1=C(C(=O)OC)N(c2ccc(C(=O)OCC(=O)c3ccccc3)cc2)C=CC=C1. The van der Waals surface area contributed by atoms with Crippen LogP contribution in [0.5, 0.6) is 0 Å². The van der Waals surface area contributed by atoms with Gasteiger partial charge in [0.1, 0.15) is 5.70 Å². The molecule has 0 fully saturated rings. The van der Waals surface area contributed by atoms with Gasteiger partial charge in [-0.15, -0.1) is 0 Å². The van der Waals surface area contributed by atoms with Crippen molar-refractivity contribution in [1.29, 1.82) is 0 Å². The van der Waals surface area contributed by atoms with Crippen molar-refractivity contribution in [1.82, 2.24) is 0 Å². The van der Waals surface area contributed by atoms with E-state index in [1.54, 1.807) is 60.8 Å². The van der Waals surface area contributed by atoms with Crippen LogP contribution in [0.25, 0.3) is 0 Å². The summed E-state index contributed by atoms with van der Waals surface area (Å²) in [6, 6.07) is 14.6. The number of Topliss-reactive ketones (excluding diaryl/α,β-unsaturated/α-hetero) is 1. The first-order chi connectivity index (χ1) is 16.0. The average Bonchev–Trinajstić information content (AvgIpc) is 3.09. The van der Waals surface area contributed by atoms with Crippen LogP contribution in [0.4, 0.5) is 5.69 Å². The Kier molecular flexibility index (Phi) is 7.54. The molecule has 1 aliphatic heterocycles. The molecule has 8 nitrogen and oxygen atoms in total. The topological polar surface area (TPSA) is 99.2 Å². The van der Waals surface area contributed by atoms with Crippen LogP contribution in [-0.4, -0.2) is 44.5 Å². The summed E-state index contributed by atoms with van der Waals surface area (Å²) in [5, 5.41) is 0. The monoisotopic (exact) mass is 447 g/mol. The normalized spacial score (nSPS) is 12.7. The largest absolute Gasteiger partial charge is 0.465 e. The van der Waals surface area contributed by atoms with Gasteiger partial charge < -0.3 is 19.1 Å². The molecule has 33 heavy (non-hydrogen) atoms. The molecule has 0 saturated carbocycles. The predicted octanol–water partition coefficient (Wildman–Crippen LogP) is 3.22. The Hall–Kier alpha value is -4.46. The smallest absolute Gasteiger partial charge is 0.355 e. The van der Waals surface area contributed by atoms with E-state index >= 15 is 0 Å². The van der Waals surface area contributed by atoms with Gasteiger partial charge in [0.25, 0.3) is 0 Å². The summed E-state index contributed by atoms with van der Waals surface area (Å²) < 4.78 is 14.8. The standard InChI is InChI=1S/C25H21NO7/c1-31-24(29)20-10-6-7-15-26(22(20)25(30)32-2)19-13-11-18(12-14-19)23(28)33-16-21(27)17-8-4-3-5-9-17/h3-15H,16H2,1-2H3. The molecule has 0 atom stereocenters. The maximum atomic E-state index is 12.5. The van der Waals surface area contributed by atoms with Gasteiger partial charge in [-0.25, -0.2) is 14.4 Å². The molecule has 2 aromatic carbocycles. The second-order valence-electron chi connectivity index (χ2n) is 6.73. The van der Waals surface area contributed by atoms with Gasteiger partial charge in [0.2, 0.25) is 0 Å². The molecule has 0 radical (unpaired) electrons. The fourth-order valence-electron chi connectivity index (χ4n) is 3.05. The number of benzene rings is 2. The molecule has 8 heteroatoms. The van der Waals surface area contributed by atoms with Gasteiger partial charge in [0.15, 0.2) is 12.4 Å². The van der Waals surface area contributed by atoms with E-state index in [9.17, 15) is 19.2 Å². The molecule has 0 N–H and O–H groups in total. The predicted molar refractivity (Wildman–Crippen MR) is 119 cm³/mol. The van der Waals surface area contributed by atoms with E-state index in [1.807, 2.05) is 0 Å². The van der Waals surface area contributed by atoms with E-state index in [2.05, 4.69) is 0 Å².